The summed E-state index contributed by atoms with van der Waals surface area (Å²) in [6.45, 7) is 0. The quantitative estimate of drug-likeness (QED) is 0.0722. The summed E-state index contributed by atoms with van der Waals surface area (Å²) in [4.78, 5) is 35.7. The molecule has 0 radical (unpaired) electrons. The molecule has 0 atom stereocenters. The average Bonchev–Trinajstić information content (AvgIpc) is 0.745. The third-order valence-corrected chi connectivity index (χ3v) is 23.8. The first-order valence-corrected chi connectivity index (χ1v) is 44.4. The Balaban J connectivity index is 0.000000127. The van der Waals surface area contributed by atoms with Crippen LogP contribution >= 0.6 is 0 Å². The van der Waals surface area contributed by atoms with Crippen LogP contribution in [-0.4, -0.2) is 49.1 Å². The molecule has 0 bridgehead atoms. The number of para-hydroxylation sites is 4. The number of ether oxygens (including phenoxy) is 2. The first kappa shape index (κ1) is 87.1. The molecule has 24 aromatic rings. The number of hydrogen-bond donors (Lipinski definition) is 0. The Bertz CT molecular complexity index is 7520. The zero-order chi connectivity index (χ0) is 90.1. The fraction of sp³-hybridized carbons (Fsp3) is 0.0163. The molecule has 12 heteroatoms. The molecule has 0 saturated carbocycles. The van der Waals surface area contributed by atoms with Crippen molar-refractivity contribution in [3.8, 4) is 89.8 Å². The van der Waals surface area contributed by atoms with Crippen molar-refractivity contribution in [1.82, 2.24) is 34.9 Å². The van der Waals surface area contributed by atoms with E-state index in [0.717, 1.165) is 156 Å². The van der Waals surface area contributed by atoms with Crippen molar-refractivity contribution in [3.05, 3.63) is 504 Å². The molecular weight excluding hydrogens is 1830 g/mol. The van der Waals surface area contributed by atoms with Crippen LogP contribution in [0, 0.1) is 18.2 Å². The van der Waals surface area contributed by atoms with E-state index in [1.807, 2.05) is 164 Å². The van der Waals surface area contributed by atoms with Gasteiger partial charge in [0.1, 0.15) is 11.5 Å². The molecular formula is C123H86IrN9O2. The Labute approximate surface area is 797 Å². The van der Waals surface area contributed by atoms with Gasteiger partial charge in [-0.2, -0.15) is 0 Å². The van der Waals surface area contributed by atoms with Crippen molar-refractivity contribution in [2.75, 3.05) is 24.0 Å². The van der Waals surface area contributed by atoms with Crippen molar-refractivity contribution in [1.29, 1.82) is 0 Å². The predicted molar refractivity (Wildman–Crippen MR) is 554 cm³/mol. The van der Waals surface area contributed by atoms with Gasteiger partial charge in [0, 0.05) is 99.2 Å². The normalized spacial score (nSPS) is 10.8. The summed E-state index contributed by atoms with van der Waals surface area (Å²) in [7, 11) is 3.43. The standard InChI is InChI=1S/C52H36N2.C38H26N4O2.3C11H8N.Ir/c1-3-17-41(18-4-1)53(51-35-39-15-7-9-21-45(39)47-23-11-13-25-49(47)51)43-31-27-37(28-32-43)38-29-33-44(34-30-38)54(42-19-5-2-6-20-42)52-36-40-16-8-10-22-46(40)48-24-12-14-26-50(48)52;1-43-33-15-11-23-21-25(29-5-3-7-31-37(29)41-19-17-39-31)9-13-27(23)35(33)36-28-14-10-26(22-24(28)12-16-34(36)44-2)30-6-4-8-32-38(30)42-20-18-40-32;3*1-2-6-10(7-3-1)11-8-4-5-9-12-11;/h1-36H;3-22H,1-2H3;3*1-6,8-9H;/q;;3*-1;+3. The molecule has 0 amide bonds. The van der Waals surface area contributed by atoms with Gasteiger partial charge in [0.25, 0.3) is 0 Å². The molecule has 0 spiro atoms. The number of aromatic nitrogens is 7. The fourth-order valence-electron chi connectivity index (χ4n) is 17.5. The Morgan fingerprint density at radius 3 is 0.911 bits per heavy atom. The van der Waals surface area contributed by atoms with Crippen LogP contribution in [-0.2, 0) is 20.1 Å². The maximum atomic E-state index is 5.98. The monoisotopic (exact) mass is 1910 g/mol. The second kappa shape index (κ2) is 41.2. The molecule has 0 fully saturated rings. The maximum Gasteiger partial charge on any atom is 3.00 e. The number of pyridine rings is 3. The summed E-state index contributed by atoms with van der Waals surface area (Å²) in [5.41, 5.74) is 24.9. The Kier molecular flexibility index (Phi) is 26.6. The third kappa shape index (κ3) is 18.9. The Morgan fingerprint density at radius 2 is 0.548 bits per heavy atom. The summed E-state index contributed by atoms with van der Waals surface area (Å²) in [5, 5.41) is 14.3. The SMILES string of the molecule is COc1ccc2cc(-c3cccc4nccnc34)ccc2c1-c1c(OC)ccc2cc(-c3cccc4nccnc34)ccc12.[Ir+3].[c-]1ccccc1-c1ccccn1.[c-]1ccccc1-c1ccccn1.[c-]1ccccc1-c1ccccn1.c1ccc(N(c2ccc(-c3ccc(N(c4ccccc4)c4cc5ccccc5c5ccccc45)cc3)cc2)c2cc3ccccc3c3ccccc23)cc1. The molecule has 11 nitrogen and oxygen atoms in total. The van der Waals surface area contributed by atoms with Crippen LogP contribution in [0.3, 0.4) is 0 Å². The van der Waals surface area contributed by atoms with Gasteiger partial charge in [0.15, 0.2) is 0 Å². The molecule has 0 aliphatic heterocycles. The predicted octanol–water partition coefficient (Wildman–Crippen LogP) is 31.4. The molecule has 0 unspecified atom stereocenters. The fourth-order valence-corrected chi connectivity index (χ4v) is 17.5. The summed E-state index contributed by atoms with van der Waals surface area (Å²) >= 11 is 0. The van der Waals surface area contributed by atoms with Crippen LogP contribution in [0.15, 0.2) is 486 Å². The van der Waals surface area contributed by atoms with Gasteiger partial charge in [-0.15, -0.1) is 108 Å². The van der Waals surface area contributed by atoms with Gasteiger partial charge in [0.2, 0.25) is 0 Å². The minimum atomic E-state index is 0. The molecule has 135 heavy (non-hydrogen) atoms. The second-order valence-corrected chi connectivity index (χ2v) is 31.9. The van der Waals surface area contributed by atoms with Crippen LogP contribution in [0.5, 0.6) is 11.5 Å². The van der Waals surface area contributed by atoms with Crippen molar-refractivity contribution in [3.63, 3.8) is 0 Å². The van der Waals surface area contributed by atoms with Crippen molar-refractivity contribution in [2.24, 2.45) is 0 Å². The number of anilines is 6. The van der Waals surface area contributed by atoms with Gasteiger partial charge < -0.3 is 34.2 Å². The largest absolute Gasteiger partial charge is 3.00 e. The van der Waals surface area contributed by atoms with E-state index in [1.54, 1.807) is 57.6 Å². The smallest absolute Gasteiger partial charge is 0.496 e. The molecule has 0 aliphatic carbocycles. The number of methoxy groups -OCH3 is 2. The van der Waals surface area contributed by atoms with Crippen LogP contribution in [0.4, 0.5) is 34.1 Å². The van der Waals surface area contributed by atoms with Gasteiger partial charge in [0.05, 0.1) is 47.7 Å². The Hall–Kier alpha value is -17.3. The third-order valence-electron chi connectivity index (χ3n) is 23.8. The molecule has 0 aliphatic rings. The minimum Gasteiger partial charge on any atom is -0.496 e. The van der Waals surface area contributed by atoms with E-state index >= 15 is 0 Å². The van der Waals surface area contributed by atoms with Gasteiger partial charge >= 0.3 is 20.1 Å². The minimum absolute atomic E-state index is 0. The first-order chi connectivity index (χ1) is 66.4. The van der Waals surface area contributed by atoms with Crippen molar-refractivity contribution < 1.29 is 29.6 Å². The van der Waals surface area contributed by atoms with E-state index in [0.29, 0.717) is 0 Å². The van der Waals surface area contributed by atoms with Crippen LogP contribution < -0.4 is 19.3 Å². The van der Waals surface area contributed by atoms with Gasteiger partial charge in [-0.25, -0.2) is 0 Å². The van der Waals surface area contributed by atoms with Crippen LogP contribution in [0.25, 0.3) is 165 Å². The Morgan fingerprint density at radius 1 is 0.222 bits per heavy atom. The molecule has 644 valence electrons. The van der Waals surface area contributed by atoms with Gasteiger partial charge in [-0.3, -0.25) is 19.9 Å². The topological polar surface area (TPSA) is 115 Å². The number of rotatable bonds is 15. The summed E-state index contributed by atoms with van der Waals surface area (Å²) < 4.78 is 12.0. The summed E-state index contributed by atoms with van der Waals surface area (Å²) in [6, 6.07) is 163. The van der Waals surface area contributed by atoms with Crippen molar-refractivity contribution >= 4 is 121 Å². The molecule has 5 heterocycles. The molecule has 19 aromatic carbocycles. The number of hydrogen-bond acceptors (Lipinski definition) is 11. The number of fused-ring (bicyclic) bond motifs is 10. The molecule has 0 saturated heterocycles. The summed E-state index contributed by atoms with van der Waals surface area (Å²) in [5.74, 6) is 1.56. The number of benzene rings is 19. The zero-order valence-corrected chi connectivity index (χ0v) is 76.3. The molecule has 24 rings (SSSR count). The van der Waals surface area contributed by atoms with E-state index in [-0.39, 0.29) is 20.1 Å². The van der Waals surface area contributed by atoms with Crippen molar-refractivity contribution in [2.45, 2.75) is 0 Å². The zero-order valence-electron chi connectivity index (χ0n) is 73.9. The second-order valence-electron chi connectivity index (χ2n) is 31.9. The van der Waals surface area contributed by atoms with Gasteiger partial charge in [-0.1, -0.05) is 255 Å². The maximum absolute atomic E-state index is 5.98. The number of nitrogens with zero attached hydrogens (tertiary/aromatic N) is 9. The van der Waals surface area contributed by atoms with E-state index in [1.165, 1.54) is 54.2 Å². The van der Waals surface area contributed by atoms with E-state index in [4.69, 9.17) is 9.47 Å². The van der Waals surface area contributed by atoms with E-state index in [9.17, 15) is 0 Å². The first-order valence-electron chi connectivity index (χ1n) is 44.4. The van der Waals surface area contributed by atoms with Crippen LogP contribution in [0.1, 0.15) is 0 Å². The average molecular weight is 1910 g/mol. The molecule has 5 aromatic heterocycles. The van der Waals surface area contributed by atoms with E-state index < -0.39 is 0 Å². The van der Waals surface area contributed by atoms with E-state index in [2.05, 4.69) is 342 Å². The summed E-state index contributed by atoms with van der Waals surface area (Å²) in [6.07, 6.45) is 12.3. The van der Waals surface area contributed by atoms with Gasteiger partial charge in [-0.05, 0) is 208 Å². The van der Waals surface area contributed by atoms with Crippen LogP contribution in [0.2, 0.25) is 0 Å². The molecule has 0 N–H and O–H groups in total.